The van der Waals surface area contributed by atoms with Crippen molar-refractivity contribution in [3.8, 4) is 12.3 Å². The smallest absolute Gasteiger partial charge is 0.319 e. The minimum atomic E-state index is -1.48. The summed E-state index contributed by atoms with van der Waals surface area (Å²) in [5, 5.41) is 25.5. The van der Waals surface area contributed by atoms with Crippen molar-refractivity contribution in [2.45, 2.75) is 141 Å². The Hall–Kier alpha value is -3.60. The maximum atomic E-state index is 13.5. The van der Waals surface area contributed by atoms with Crippen LogP contribution in [-0.4, -0.2) is 332 Å². The summed E-state index contributed by atoms with van der Waals surface area (Å²) < 4.78 is 122. The average molecular weight is 1520 g/mol. The maximum absolute atomic E-state index is 13.5. The van der Waals surface area contributed by atoms with Crippen LogP contribution >= 0.6 is 0 Å². The van der Waals surface area contributed by atoms with Gasteiger partial charge in [0.25, 0.3) is 0 Å². The van der Waals surface area contributed by atoms with Crippen molar-refractivity contribution in [2.24, 2.45) is 10.5 Å². The summed E-state index contributed by atoms with van der Waals surface area (Å²) in [5.74, 6) is 0.392. The summed E-state index contributed by atoms with van der Waals surface area (Å²) in [5.41, 5.74) is 6.71. The summed E-state index contributed by atoms with van der Waals surface area (Å²) in [6, 6.07) is 0. The molecule has 105 heavy (non-hydrogen) atoms. The van der Waals surface area contributed by atoms with Gasteiger partial charge in [-0.3, -0.25) is 14.4 Å². The zero-order valence-corrected chi connectivity index (χ0v) is 64.1. The molecule has 0 aromatic rings. The largest absolute Gasteiger partial charge is 0.481 e. The molecule has 0 aliphatic carbocycles. The van der Waals surface area contributed by atoms with Gasteiger partial charge in [0.05, 0.1) is 277 Å². The van der Waals surface area contributed by atoms with Crippen LogP contribution < -0.4 is 5.32 Å². The molecular formula is C74H140N4O27. The van der Waals surface area contributed by atoms with E-state index in [1.54, 1.807) is 0 Å². The van der Waals surface area contributed by atoms with Crippen molar-refractivity contribution >= 4 is 17.8 Å². The van der Waals surface area contributed by atoms with E-state index in [1.807, 2.05) is 0 Å². The van der Waals surface area contributed by atoms with Gasteiger partial charge in [-0.25, -0.2) is 0 Å². The van der Waals surface area contributed by atoms with Crippen LogP contribution in [0.25, 0.3) is 10.4 Å². The number of nitrogens with zero attached hydrogens (tertiary/aromatic N) is 3. The van der Waals surface area contributed by atoms with Gasteiger partial charge in [0.2, 0.25) is 5.91 Å². The Morgan fingerprint density at radius 3 is 0.771 bits per heavy atom. The molecule has 31 nitrogen and oxygen atoms in total. The van der Waals surface area contributed by atoms with Gasteiger partial charge in [-0.2, -0.15) is 0 Å². The summed E-state index contributed by atoms with van der Waals surface area (Å²) >= 11 is 0. The number of carboxylic acid groups (broad SMARTS) is 2. The Kier molecular flexibility index (Phi) is 86.2. The van der Waals surface area contributed by atoms with Crippen molar-refractivity contribution in [3.63, 3.8) is 0 Å². The number of amides is 1. The standard InChI is InChI=1S/C74H140N4O27/c1-2-3-4-5-6-8-11-14-18-23-74(73(82)83,24-19-15-12-9-7-10-13-17-22-71(79)80)72(81)76-25-29-86-33-37-90-42-44-93-46-48-95-50-52-97-54-56-99-58-60-101-62-64-103-66-68-105-70-69-104-67-65-102-63-61-100-59-57-98-55-53-96-51-49-94-47-45-92-43-40-89-36-32-85-28-21-16-20-27-84-31-35-88-39-41-91-38-34-87-30-26-77-78-75/h1H,3-70H2,(H,76,81)(H,79,80)(H,82,83). The van der Waals surface area contributed by atoms with E-state index in [0.717, 1.165) is 103 Å². The molecular weight excluding hydrogens is 1380 g/mol. The highest BCUT2D eigenvalue weighted by Crippen LogP contribution is 2.33. The molecule has 1 atom stereocenters. The summed E-state index contributed by atoms with van der Waals surface area (Å²) in [4.78, 5) is 39.7. The monoisotopic (exact) mass is 1520 g/mol. The molecule has 0 heterocycles. The lowest BCUT2D eigenvalue weighted by Gasteiger charge is -2.28. The molecule has 31 heteroatoms. The number of nitrogens with one attached hydrogen (secondary N) is 1. The Bertz CT molecular complexity index is 1890. The first-order valence-corrected chi connectivity index (χ1v) is 38.8. The van der Waals surface area contributed by atoms with E-state index in [9.17, 15) is 19.5 Å². The Balaban J connectivity index is 3.43. The second-order valence-electron chi connectivity index (χ2n) is 24.0. The molecule has 0 aliphatic rings. The van der Waals surface area contributed by atoms with Gasteiger partial charge >= 0.3 is 11.9 Å². The third-order valence-corrected chi connectivity index (χ3v) is 15.5. The van der Waals surface area contributed by atoms with Crippen LogP contribution in [0.1, 0.15) is 141 Å². The molecule has 1 unspecified atom stereocenters. The first-order chi connectivity index (χ1) is 51.9. The number of terminal acetylenes is 1. The average Bonchev–Trinajstić information content (AvgIpc) is 0.822. The molecule has 0 saturated heterocycles. The first kappa shape index (κ1) is 101. The number of carboxylic acids is 2. The van der Waals surface area contributed by atoms with E-state index in [2.05, 4.69) is 21.3 Å². The van der Waals surface area contributed by atoms with Crippen molar-refractivity contribution in [3.05, 3.63) is 10.4 Å². The first-order valence-electron chi connectivity index (χ1n) is 38.8. The van der Waals surface area contributed by atoms with E-state index >= 15 is 0 Å². The van der Waals surface area contributed by atoms with Crippen LogP contribution in [0.2, 0.25) is 0 Å². The molecule has 618 valence electrons. The fourth-order valence-corrected chi connectivity index (χ4v) is 9.71. The molecule has 3 N–H and O–H groups in total. The highest BCUT2D eigenvalue weighted by atomic mass is 16.6. The van der Waals surface area contributed by atoms with Gasteiger partial charge in [0.1, 0.15) is 5.41 Å². The number of ether oxygens (including phenoxy) is 22. The topological polar surface area (TPSA) is 356 Å². The van der Waals surface area contributed by atoms with Gasteiger partial charge < -0.3 is 120 Å². The van der Waals surface area contributed by atoms with Gasteiger partial charge in [-0.1, -0.05) is 88.6 Å². The SMILES string of the molecule is C#CCCCCCCCCCC(CCCCCCCCCCC(=O)O)(C(=O)O)C(=O)NCCOCCOCCOCCOCCOCCOCCOCCOCCOCCOCCOCCOCCOCCOCCOCCOCCOCCOCCCCCOCCOCCOCCOCCN=[N+]=[N-]. The molecule has 0 fully saturated rings. The molecule has 0 spiro atoms. The molecule has 1 amide bonds. The second kappa shape index (κ2) is 89.3. The molecule has 0 bridgehead atoms. The predicted octanol–water partition coefficient (Wildman–Crippen LogP) is 8.15. The van der Waals surface area contributed by atoms with Crippen LogP contribution in [0.15, 0.2) is 5.11 Å². The number of aliphatic carboxylic acids is 2. The zero-order valence-electron chi connectivity index (χ0n) is 64.1. The zero-order chi connectivity index (χ0) is 75.7. The number of rotatable bonds is 94. The highest BCUT2D eigenvalue weighted by molar-refractivity contribution is 6.01. The molecule has 0 aromatic carbocycles. The van der Waals surface area contributed by atoms with Gasteiger partial charge in [0.15, 0.2) is 0 Å². The Morgan fingerprint density at radius 2 is 0.524 bits per heavy atom. The fraction of sp³-hybridized carbons (Fsp3) is 0.932. The lowest BCUT2D eigenvalue weighted by atomic mass is 9.76. The Labute approximate surface area is 628 Å². The molecule has 0 aliphatic heterocycles. The minimum Gasteiger partial charge on any atom is -0.481 e. The van der Waals surface area contributed by atoms with Crippen LogP contribution in [0.3, 0.4) is 0 Å². The normalized spacial score (nSPS) is 12.1. The van der Waals surface area contributed by atoms with Crippen LogP contribution in [0.5, 0.6) is 0 Å². The number of hydrogen-bond donors (Lipinski definition) is 3. The Morgan fingerprint density at radius 1 is 0.305 bits per heavy atom. The summed E-state index contributed by atoms with van der Waals surface area (Å²) in [6.07, 6.45) is 23.8. The predicted molar refractivity (Wildman–Crippen MR) is 393 cm³/mol. The van der Waals surface area contributed by atoms with E-state index < -0.39 is 23.3 Å². The fourth-order valence-electron chi connectivity index (χ4n) is 9.71. The quantitative estimate of drug-likeness (QED) is 0.0129. The summed E-state index contributed by atoms with van der Waals surface area (Å²) in [7, 11) is 0. The van der Waals surface area contributed by atoms with Crippen molar-refractivity contribution in [1.82, 2.24) is 5.32 Å². The number of carbonyl (C=O) groups is 3. The van der Waals surface area contributed by atoms with Gasteiger partial charge in [-0.05, 0) is 50.5 Å². The van der Waals surface area contributed by atoms with Gasteiger partial charge in [-0.15, -0.1) is 12.3 Å². The summed E-state index contributed by atoms with van der Waals surface area (Å²) in [6.45, 7) is 21.3. The van der Waals surface area contributed by atoms with Crippen molar-refractivity contribution < 1.29 is 129 Å². The number of unbranched alkanes of at least 4 members (excludes halogenated alkanes) is 16. The van der Waals surface area contributed by atoms with E-state index in [1.165, 1.54) is 0 Å². The third-order valence-electron chi connectivity index (χ3n) is 15.5. The molecule has 0 aromatic heterocycles. The van der Waals surface area contributed by atoms with Crippen LogP contribution in [-0.2, 0) is 119 Å². The number of hydrogen-bond acceptors (Lipinski definition) is 26. The van der Waals surface area contributed by atoms with E-state index in [4.69, 9.17) is 121 Å². The lowest BCUT2D eigenvalue weighted by molar-refractivity contribution is -0.157. The number of carbonyl (C=O) groups excluding carboxylic acids is 1. The third kappa shape index (κ3) is 81.2. The number of azide groups is 1. The van der Waals surface area contributed by atoms with Crippen LogP contribution in [0, 0.1) is 17.8 Å². The van der Waals surface area contributed by atoms with E-state index in [0.29, 0.717) is 323 Å². The van der Waals surface area contributed by atoms with E-state index in [-0.39, 0.29) is 19.6 Å². The molecule has 0 radical (unpaired) electrons. The highest BCUT2D eigenvalue weighted by Gasteiger charge is 2.44. The maximum Gasteiger partial charge on any atom is 0.319 e. The van der Waals surface area contributed by atoms with Crippen molar-refractivity contribution in [2.75, 3.05) is 304 Å². The minimum absolute atomic E-state index is 0.203. The van der Waals surface area contributed by atoms with Crippen molar-refractivity contribution in [1.29, 1.82) is 0 Å². The van der Waals surface area contributed by atoms with Gasteiger partial charge in [0, 0.05) is 44.1 Å². The molecule has 0 saturated carbocycles. The van der Waals surface area contributed by atoms with Crippen LogP contribution in [0.4, 0.5) is 0 Å². The molecule has 0 rings (SSSR count). The second-order valence-corrected chi connectivity index (χ2v) is 24.0. The lowest BCUT2D eigenvalue weighted by Crippen LogP contribution is -2.47.